The molecule has 3 aromatic rings. The van der Waals surface area contributed by atoms with Gasteiger partial charge >= 0.3 is 0 Å². The number of hydrogen-bond donors (Lipinski definition) is 0. The summed E-state index contributed by atoms with van der Waals surface area (Å²) in [6.07, 6.45) is 3.57. The first-order valence-electron chi connectivity index (χ1n) is 9.90. The topological polar surface area (TPSA) is 42.4 Å². The number of nitrogens with zero attached hydrogens (tertiary/aromatic N) is 2. The number of carbonyl (C=O) groups excluding carboxylic acids is 1. The van der Waals surface area contributed by atoms with Crippen molar-refractivity contribution in [1.82, 2.24) is 9.88 Å². The third-order valence-corrected chi connectivity index (χ3v) is 5.51. The number of amides is 1. The fourth-order valence-electron chi connectivity index (χ4n) is 4.20. The van der Waals surface area contributed by atoms with Gasteiger partial charge in [-0.25, -0.2) is 0 Å². The minimum Gasteiger partial charge on any atom is -0.488 e. The summed E-state index contributed by atoms with van der Waals surface area (Å²) >= 11 is 0. The molecule has 1 aliphatic heterocycles. The molecule has 1 amide bonds. The first kappa shape index (κ1) is 18.5. The monoisotopic (exact) mass is 374 g/mol. The molecule has 28 heavy (non-hydrogen) atoms. The van der Waals surface area contributed by atoms with Crippen LogP contribution >= 0.6 is 0 Å². The highest BCUT2D eigenvalue weighted by Gasteiger charge is 2.26. The van der Waals surface area contributed by atoms with Gasteiger partial charge in [0.25, 0.3) is 5.91 Å². The lowest BCUT2D eigenvalue weighted by Gasteiger charge is -2.33. The Bertz CT molecular complexity index is 992. The molecule has 0 unspecified atom stereocenters. The molecule has 2 aromatic carbocycles. The lowest BCUT2D eigenvalue weighted by atomic mass is 9.97. The molecule has 0 atom stereocenters. The van der Waals surface area contributed by atoms with Crippen molar-refractivity contribution in [1.29, 1.82) is 0 Å². The molecule has 0 N–H and O–H groups in total. The molecule has 2 heterocycles. The molecule has 144 valence electrons. The zero-order valence-corrected chi connectivity index (χ0v) is 16.7. The highest BCUT2D eigenvalue weighted by Crippen LogP contribution is 2.27. The summed E-state index contributed by atoms with van der Waals surface area (Å²) in [6, 6.07) is 14.2. The number of piperidine rings is 1. The van der Waals surface area contributed by atoms with Gasteiger partial charge in [-0.3, -0.25) is 9.78 Å². The number of rotatable bonds is 3. The molecule has 1 fully saturated rings. The van der Waals surface area contributed by atoms with E-state index in [2.05, 4.69) is 24.0 Å². The number of fused-ring (bicyclic) bond motifs is 1. The molecule has 4 nitrogen and oxygen atoms in total. The van der Waals surface area contributed by atoms with Crippen molar-refractivity contribution in [2.75, 3.05) is 13.1 Å². The summed E-state index contributed by atoms with van der Waals surface area (Å²) in [5.74, 6) is 0.966. The van der Waals surface area contributed by atoms with Crippen LogP contribution < -0.4 is 4.74 Å². The second kappa shape index (κ2) is 7.63. The first-order chi connectivity index (χ1) is 13.5. The van der Waals surface area contributed by atoms with E-state index in [4.69, 9.17) is 4.74 Å². The van der Waals surface area contributed by atoms with E-state index in [0.717, 1.165) is 46.2 Å². The van der Waals surface area contributed by atoms with Gasteiger partial charge in [-0.05, 0) is 44.0 Å². The van der Waals surface area contributed by atoms with Crippen LogP contribution in [0.25, 0.3) is 10.9 Å². The van der Waals surface area contributed by atoms with Crippen LogP contribution in [0, 0.1) is 20.8 Å². The molecule has 0 spiro atoms. The SMILES string of the molecule is Cc1cc(C)c(C(=O)N2CCC(Oc3cccc4cccnc34)CC2)c(C)c1. The second-order valence-corrected chi connectivity index (χ2v) is 7.71. The molecule has 4 rings (SSSR count). The Kier molecular flexibility index (Phi) is 5.03. The van der Waals surface area contributed by atoms with Crippen LogP contribution in [0.2, 0.25) is 0 Å². The molecule has 0 saturated carbocycles. The number of hydrogen-bond acceptors (Lipinski definition) is 3. The van der Waals surface area contributed by atoms with Crippen LogP contribution in [0.3, 0.4) is 0 Å². The van der Waals surface area contributed by atoms with E-state index in [-0.39, 0.29) is 12.0 Å². The fourth-order valence-corrected chi connectivity index (χ4v) is 4.20. The molecule has 1 saturated heterocycles. The first-order valence-corrected chi connectivity index (χ1v) is 9.90. The van der Waals surface area contributed by atoms with Gasteiger partial charge in [0.05, 0.1) is 0 Å². The maximum absolute atomic E-state index is 13.1. The Labute approximate surface area is 166 Å². The van der Waals surface area contributed by atoms with E-state index in [1.165, 1.54) is 5.56 Å². The number of pyridine rings is 1. The van der Waals surface area contributed by atoms with E-state index in [9.17, 15) is 4.79 Å². The molecule has 0 bridgehead atoms. The number of ether oxygens (including phenoxy) is 1. The minimum absolute atomic E-state index is 0.108. The highest BCUT2D eigenvalue weighted by atomic mass is 16.5. The van der Waals surface area contributed by atoms with E-state index < -0.39 is 0 Å². The second-order valence-electron chi connectivity index (χ2n) is 7.71. The van der Waals surface area contributed by atoms with Crippen LogP contribution in [0.15, 0.2) is 48.7 Å². The normalized spacial score (nSPS) is 15.0. The lowest BCUT2D eigenvalue weighted by molar-refractivity contribution is 0.0596. The maximum Gasteiger partial charge on any atom is 0.254 e. The predicted molar refractivity (Wildman–Crippen MR) is 112 cm³/mol. The quantitative estimate of drug-likeness (QED) is 0.658. The van der Waals surface area contributed by atoms with Gasteiger partial charge in [-0.2, -0.15) is 0 Å². The van der Waals surface area contributed by atoms with Gasteiger partial charge in [-0.15, -0.1) is 0 Å². The lowest BCUT2D eigenvalue weighted by Crippen LogP contribution is -2.42. The molecule has 1 aliphatic rings. The van der Waals surface area contributed by atoms with Gasteiger partial charge in [0.2, 0.25) is 0 Å². The summed E-state index contributed by atoms with van der Waals surface area (Å²) in [4.78, 5) is 19.5. The fraction of sp³-hybridized carbons (Fsp3) is 0.333. The Balaban J connectivity index is 1.44. The molecule has 0 aliphatic carbocycles. The number of aryl methyl sites for hydroxylation is 3. The van der Waals surface area contributed by atoms with Crippen molar-refractivity contribution in [3.63, 3.8) is 0 Å². The largest absolute Gasteiger partial charge is 0.488 e. The maximum atomic E-state index is 13.1. The Morgan fingerprint density at radius 2 is 1.71 bits per heavy atom. The van der Waals surface area contributed by atoms with Crippen LogP contribution in [0.1, 0.15) is 39.9 Å². The van der Waals surface area contributed by atoms with Crippen molar-refractivity contribution < 1.29 is 9.53 Å². The van der Waals surface area contributed by atoms with Gasteiger partial charge in [-0.1, -0.05) is 35.9 Å². The van der Waals surface area contributed by atoms with E-state index in [1.807, 2.05) is 49.1 Å². The summed E-state index contributed by atoms with van der Waals surface area (Å²) in [5, 5.41) is 1.08. The summed E-state index contributed by atoms with van der Waals surface area (Å²) in [7, 11) is 0. The van der Waals surface area contributed by atoms with Gasteiger partial charge in [0.15, 0.2) is 0 Å². The third kappa shape index (κ3) is 3.59. The van der Waals surface area contributed by atoms with Crippen LogP contribution in [0.4, 0.5) is 0 Å². The summed E-state index contributed by atoms with van der Waals surface area (Å²) < 4.78 is 6.27. The van der Waals surface area contributed by atoms with Crippen LogP contribution in [-0.2, 0) is 0 Å². The van der Waals surface area contributed by atoms with Crippen LogP contribution in [-0.4, -0.2) is 35.0 Å². The Morgan fingerprint density at radius 1 is 1.04 bits per heavy atom. The summed E-state index contributed by atoms with van der Waals surface area (Å²) in [6.45, 7) is 7.55. The van der Waals surface area contributed by atoms with Crippen molar-refractivity contribution in [2.24, 2.45) is 0 Å². The minimum atomic E-state index is 0.108. The Hall–Kier alpha value is -2.88. The van der Waals surface area contributed by atoms with Crippen molar-refractivity contribution in [3.05, 3.63) is 70.9 Å². The molecule has 1 aromatic heterocycles. The average molecular weight is 374 g/mol. The van der Waals surface area contributed by atoms with Gasteiger partial charge < -0.3 is 9.64 Å². The van der Waals surface area contributed by atoms with Crippen LogP contribution in [0.5, 0.6) is 5.75 Å². The number of aromatic nitrogens is 1. The standard InChI is InChI=1S/C24H26N2O2/c1-16-14-17(2)22(18(3)15-16)24(27)26-12-9-20(10-13-26)28-21-8-4-6-19-7-5-11-25-23(19)21/h4-8,11,14-15,20H,9-10,12-13H2,1-3H3. The predicted octanol–water partition coefficient (Wildman–Crippen LogP) is 4.84. The van der Waals surface area contributed by atoms with Crippen molar-refractivity contribution in [3.8, 4) is 5.75 Å². The zero-order chi connectivity index (χ0) is 19.7. The summed E-state index contributed by atoms with van der Waals surface area (Å²) in [5.41, 5.74) is 5.06. The van der Waals surface area contributed by atoms with E-state index in [1.54, 1.807) is 6.20 Å². The number of likely N-dealkylation sites (tertiary alicyclic amines) is 1. The van der Waals surface area contributed by atoms with Crippen molar-refractivity contribution >= 4 is 16.8 Å². The number of para-hydroxylation sites is 1. The molecule has 4 heteroatoms. The zero-order valence-electron chi connectivity index (χ0n) is 16.7. The smallest absolute Gasteiger partial charge is 0.254 e. The highest BCUT2D eigenvalue weighted by molar-refractivity contribution is 5.97. The average Bonchev–Trinajstić information content (AvgIpc) is 2.68. The van der Waals surface area contributed by atoms with E-state index >= 15 is 0 Å². The van der Waals surface area contributed by atoms with Crippen molar-refractivity contribution in [2.45, 2.75) is 39.7 Å². The molecule has 0 radical (unpaired) electrons. The molecular weight excluding hydrogens is 348 g/mol. The van der Waals surface area contributed by atoms with Gasteiger partial charge in [0, 0.05) is 43.1 Å². The number of benzene rings is 2. The van der Waals surface area contributed by atoms with E-state index in [0.29, 0.717) is 13.1 Å². The Morgan fingerprint density at radius 3 is 2.43 bits per heavy atom. The molecular formula is C24H26N2O2. The third-order valence-electron chi connectivity index (χ3n) is 5.51. The number of carbonyl (C=O) groups is 1. The van der Waals surface area contributed by atoms with Gasteiger partial charge in [0.1, 0.15) is 17.4 Å².